The van der Waals surface area contributed by atoms with Crippen molar-refractivity contribution in [3.8, 4) is 0 Å². The van der Waals surface area contributed by atoms with E-state index < -0.39 is 17.7 Å². The van der Waals surface area contributed by atoms with Crippen molar-refractivity contribution in [2.75, 3.05) is 31.1 Å². The van der Waals surface area contributed by atoms with Gasteiger partial charge in [0, 0.05) is 38.4 Å². The highest BCUT2D eigenvalue weighted by Gasteiger charge is 2.42. The highest BCUT2D eigenvalue weighted by molar-refractivity contribution is 5.82. The minimum atomic E-state index is -4.40. The van der Waals surface area contributed by atoms with E-state index in [0.717, 1.165) is 24.8 Å². The second kappa shape index (κ2) is 8.75. The number of fused-ring (bicyclic) bond motifs is 3. The lowest BCUT2D eigenvalue weighted by Crippen LogP contribution is -2.60. The third-order valence-electron chi connectivity index (χ3n) is 6.13. The molecule has 2 aromatic carbocycles. The molecule has 2 atom stereocenters. The summed E-state index contributed by atoms with van der Waals surface area (Å²) in [4.78, 5) is 17.4. The monoisotopic (exact) mass is 429 g/mol. The number of nitrogens with zero attached hydrogens (tertiary/aromatic N) is 2. The summed E-state index contributed by atoms with van der Waals surface area (Å²) in [5.74, 6) is -0.561. The van der Waals surface area contributed by atoms with Crippen LogP contribution >= 0.6 is 0 Å². The number of amides is 1. The highest BCUT2D eigenvalue weighted by Crippen LogP contribution is 2.39. The molecule has 164 valence electrons. The second-order valence-electron chi connectivity index (χ2n) is 8.17. The second-order valence-corrected chi connectivity index (χ2v) is 8.17. The van der Waals surface area contributed by atoms with Crippen LogP contribution in [0.1, 0.15) is 16.7 Å². The first kappa shape index (κ1) is 21.4. The standard InChI is InChI=1S/C24H26F3N3O/c1-2-10-28-23(31)20-14-18-13-19(24(25,26)27)8-9-21(18)30-12-11-29(16-22(20)30)15-17-6-4-3-5-7-17/h2-9,13,20,22H,1,10-12,14-16H2,(H,28,31)/t20-,22+/m1/s1. The first-order chi connectivity index (χ1) is 14.9. The number of halogens is 3. The molecule has 2 heterocycles. The first-order valence-electron chi connectivity index (χ1n) is 10.5. The number of nitrogens with one attached hydrogen (secondary N) is 1. The van der Waals surface area contributed by atoms with Gasteiger partial charge in [0.2, 0.25) is 5.91 Å². The Kier molecular flexibility index (Phi) is 6.05. The molecule has 1 N–H and O–H groups in total. The molecule has 4 rings (SSSR count). The minimum Gasteiger partial charge on any atom is -0.365 e. The summed E-state index contributed by atoms with van der Waals surface area (Å²) in [6, 6.07) is 14.0. The van der Waals surface area contributed by atoms with Crippen LogP contribution in [0.15, 0.2) is 61.2 Å². The molecule has 0 radical (unpaired) electrons. The molecule has 2 aromatic rings. The fourth-order valence-electron chi connectivity index (χ4n) is 4.65. The zero-order valence-corrected chi connectivity index (χ0v) is 17.2. The smallest absolute Gasteiger partial charge is 0.365 e. The van der Waals surface area contributed by atoms with Crippen LogP contribution in [0.5, 0.6) is 0 Å². The van der Waals surface area contributed by atoms with Crippen molar-refractivity contribution in [2.45, 2.75) is 25.2 Å². The number of hydrogen-bond acceptors (Lipinski definition) is 3. The summed E-state index contributed by atoms with van der Waals surface area (Å²) in [6.07, 6.45) is -2.50. The molecule has 1 fully saturated rings. The Morgan fingerprint density at radius 2 is 1.94 bits per heavy atom. The van der Waals surface area contributed by atoms with Crippen LogP contribution < -0.4 is 10.2 Å². The van der Waals surface area contributed by atoms with Crippen LogP contribution in [-0.2, 0) is 23.9 Å². The molecule has 2 aliphatic rings. The SMILES string of the molecule is C=CCNC(=O)[C@@H]1Cc2cc(C(F)(F)F)ccc2N2CCN(Cc3ccccc3)C[C@@H]12. The lowest BCUT2D eigenvalue weighted by Gasteiger charge is -2.49. The van der Waals surface area contributed by atoms with E-state index in [9.17, 15) is 18.0 Å². The van der Waals surface area contributed by atoms with Gasteiger partial charge >= 0.3 is 6.18 Å². The van der Waals surface area contributed by atoms with Crippen molar-refractivity contribution in [2.24, 2.45) is 5.92 Å². The molecule has 1 amide bonds. The van der Waals surface area contributed by atoms with Gasteiger partial charge in [-0.1, -0.05) is 36.4 Å². The number of piperazine rings is 1. The summed E-state index contributed by atoms with van der Waals surface area (Å²) >= 11 is 0. The van der Waals surface area contributed by atoms with Crippen molar-refractivity contribution in [1.82, 2.24) is 10.2 Å². The Morgan fingerprint density at radius 3 is 2.65 bits per heavy atom. The van der Waals surface area contributed by atoms with E-state index in [4.69, 9.17) is 0 Å². The molecule has 0 saturated carbocycles. The molecule has 1 saturated heterocycles. The Balaban J connectivity index is 1.62. The Bertz CT molecular complexity index is 945. The molecule has 2 aliphatic heterocycles. The van der Waals surface area contributed by atoms with E-state index in [1.807, 2.05) is 18.2 Å². The molecule has 0 aromatic heterocycles. The normalized spacial score (nSPS) is 21.2. The van der Waals surface area contributed by atoms with E-state index in [0.29, 0.717) is 31.6 Å². The summed E-state index contributed by atoms with van der Waals surface area (Å²) in [6.45, 7) is 6.89. The number of carbonyl (C=O) groups is 1. The average Bonchev–Trinajstić information content (AvgIpc) is 2.76. The van der Waals surface area contributed by atoms with Crippen LogP contribution in [0.3, 0.4) is 0 Å². The Labute approximate surface area is 180 Å². The van der Waals surface area contributed by atoms with Crippen LogP contribution in [0.2, 0.25) is 0 Å². The maximum atomic E-state index is 13.3. The third-order valence-corrected chi connectivity index (χ3v) is 6.13. The zero-order chi connectivity index (χ0) is 22.0. The number of rotatable bonds is 5. The molecule has 0 bridgehead atoms. The van der Waals surface area contributed by atoms with Gasteiger partial charge in [0.05, 0.1) is 17.5 Å². The minimum absolute atomic E-state index is 0.0912. The number of anilines is 1. The van der Waals surface area contributed by atoms with Gasteiger partial charge in [0.1, 0.15) is 0 Å². The van der Waals surface area contributed by atoms with Gasteiger partial charge in [-0.2, -0.15) is 13.2 Å². The van der Waals surface area contributed by atoms with Crippen molar-refractivity contribution in [1.29, 1.82) is 0 Å². The molecule has 0 spiro atoms. The Hall–Kier alpha value is -2.80. The predicted octanol–water partition coefficient (Wildman–Crippen LogP) is 3.87. The van der Waals surface area contributed by atoms with E-state index in [1.165, 1.54) is 11.6 Å². The summed E-state index contributed by atoms with van der Waals surface area (Å²) in [5.41, 5.74) is 1.93. The van der Waals surface area contributed by atoms with Crippen molar-refractivity contribution >= 4 is 11.6 Å². The van der Waals surface area contributed by atoms with Gasteiger partial charge in [-0.25, -0.2) is 0 Å². The van der Waals surface area contributed by atoms with Gasteiger partial charge in [0.15, 0.2) is 0 Å². The summed E-state index contributed by atoms with van der Waals surface area (Å²) < 4.78 is 39.8. The number of hydrogen-bond donors (Lipinski definition) is 1. The zero-order valence-electron chi connectivity index (χ0n) is 17.2. The van der Waals surface area contributed by atoms with Gasteiger partial charge in [0.25, 0.3) is 0 Å². The van der Waals surface area contributed by atoms with Crippen LogP contribution in [0.4, 0.5) is 18.9 Å². The third kappa shape index (κ3) is 4.61. The fourth-order valence-corrected chi connectivity index (χ4v) is 4.65. The van der Waals surface area contributed by atoms with Crippen LogP contribution in [0.25, 0.3) is 0 Å². The summed E-state index contributed by atoms with van der Waals surface area (Å²) in [5, 5.41) is 2.85. The lowest BCUT2D eigenvalue weighted by molar-refractivity contribution is -0.137. The number of alkyl halides is 3. The van der Waals surface area contributed by atoms with E-state index in [-0.39, 0.29) is 11.9 Å². The maximum Gasteiger partial charge on any atom is 0.416 e. The van der Waals surface area contributed by atoms with Crippen LogP contribution in [0, 0.1) is 5.92 Å². The topological polar surface area (TPSA) is 35.6 Å². The van der Waals surface area contributed by atoms with Crippen molar-refractivity contribution < 1.29 is 18.0 Å². The van der Waals surface area contributed by atoms with Crippen molar-refractivity contribution in [3.05, 3.63) is 77.9 Å². The Morgan fingerprint density at radius 1 is 1.16 bits per heavy atom. The van der Waals surface area contributed by atoms with Gasteiger partial charge in [-0.15, -0.1) is 6.58 Å². The molecule has 0 aliphatic carbocycles. The van der Waals surface area contributed by atoms with E-state index in [2.05, 4.69) is 33.8 Å². The van der Waals surface area contributed by atoms with Gasteiger partial charge in [-0.3, -0.25) is 9.69 Å². The number of carbonyl (C=O) groups excluding carboxylic acids is 1. The predicted molar refractivity (Wildman–Crippen MR) is 115 cm³/mol. The molecular formula is C24H26F3N3O. The van der Waals surface area contributed by atoms with Crippen LogP contribution in [-0.4, -0.2) is 43.0 Å². The molecule has 4 nitrogen and oxygen atoms in total. The van der Waals surface area contributed by atoms with Gasteiger partial charge < -0.3 is 10.2 Å². The van der Waals surface area contributed by atoms with E-state index >= 15 is 0 Å². The fraction of sp³-hybridized carbons (Fsp3) is 0.375. The quantitative estimate of drug-likeness (QED) is 0.733. The largest absolute Gasteiger partial charge is 0.416 e. The van der Waals surface area contributed by atoms with Crippen molar-refractivity contribution in [3.63, 3.8) is 0 Å². The highest BCUT2D eigenvalue weighted by atomic mass is 19.4. The first-order valence-corrected chi connectivity index (χ1v) is 10.5. The van der Waals surface area contributed by atoms with Gasteiger partial charge in [-0.05, 0) is 35.7 Å². The molecular weight excluding hydrogens is 403 g/mol. The molecule has 7 heteroatoms. The number of benzene rings is 2. The van der Waals surface area contributed by atoms with E-state index in [1.54, 1.807) is 12.1 Å². The maximum absolute atomic E-state index is 13.3. The average molecular weight is 429 g/mol. The summed E-state index contributed by atoms with van der Waals surface area (Å²) in [7, 11) is 0. The lowest BCUT2D eigenvalue weighted by atomic mass is 9.82. The molecule has 0 unspecified atom stereocenters. The molecule has 31 heavy (non-hydrogen) atoms.